The number of hydrogen-bond donors (Lipinski definition) is 1. The summed E-state index contributed by atoms with van der Waals surface area (Å²) in [7, 11) is 3.43. The molecule has 18 heavy (non-hydrogen) atoms. The second-order valence-corrected chi connectivity index (χ2v) is 4.41. The maximum absolute atomic E-state index is 13.0. The Labute approximate surface area is 103 Å². The number of rotatable bonds is 2. The van der Waals surface area contributed by atoms with Crippen molar-refractivity contribution in [2.45, 2.75) is 19.1 Å². The summed E-state index contributed by atoms with van der Waals surface area (Å²) in [6.07, 6.45) is -2.58. The molecule has 0 aliphatic heterocycles. The minimum Gasteiger partial charge on any atom is -0.350 e. The zero-order chi connectivity index (χ0) is 13.5. The molecular weight excluding hydrogens is 241 g/mol. The molecule has 0 aliphatic carbocycles. The summed E-state index contributed by atoms with van der Waals surface area (Å²) in [6.45, 7) is 1.93. The van der Waals surface area contributed by atoms with Crippen molar-refractivity contribution in [2.75, 3.05) is 7.05 Å². The summed E-state index contributed by atoms with van der Waals surface area (Å²) in [6, 6.07) is 4.32. The zero-order valence-electron chi connectivity index (χ0n) is 10.5. The highest BCUT2D eigenvalue weighted by Gasteiger charge is 2.34. The van der Waals surface area contributed by atoms with Crippen molar-refractivity contribution >= 4 is 10.9 Å². The summed E-state index contributed by atoms with van der Waals surface area (Å²) in [5.41, 5.74) is 0.528. The third kappa shape index (κ3) is 1.99. The number of nitrogens with zero attached hydrogens (tertiary/aromatic N) is 1. The lowest BCUT2D eigenvalue weighted by molar-refractivity contribution is -0.136. The van der Waals surface area contributed by atoms with Crippen molar-refractivity contribution in [2.24, 2.45) is 7.05 Å². The number of nitrogens with one attached hydrogen (secondary N) is 1. The summed E-state index contributed by atoms with van der Waals surface area (Å²) in [5, 5.41) is 3.70. The van der Waals surface area contributed by atoms with E-state index in [4.69, 9.17) is 0 Å². The lowest BCUT2D eigenvalue weighted by Crippen LogP contribution is -2.11. The Bertz CT molecular complexity index is 569. The first-order chi connectivity index (χ1) is 8.36. The molecule has 0 saturated carbocycles. The van der Waals surface area contributed by atoms with Gasteiger partial charge in [-0.25, -0.2) is 0 Å². The van der Waals surface area contributed by atoms with Gasteiger partial charge in [0.25, 0.3) is 0 Å². The molecule has 0 bridgehead atoms. The number of aryl methyl sites for hydroxylation is 1. The summed E-state index contributed by atoms with van der Waals surface area (Å²) < 4.78 is 40.4. The van der Waals surface area contributed by atoms with E-state index in [1.165, 1.54) is 6.07 Å². The van der Waals surface area contributed by atoms with E-state index in [1.807, 2.05) is 6.92 Å². The maximum Gasteiger partial charge on any atom is 0.418 e. The minimum atomic E-state index is -4.33. The van der Waals surface area contributed by atoms with Crippen LogP contribution in [0.5, 0.6) is 0 Å². The fourth-order valence-corrected chi connectivity index (χ4v) is 2.23. The van der Waals surface area contributed by atoms with Gasteiger partial charge in [0.05, 0.1) is 11.1 Å². The molecule has 1 atom stereocenters. The molecule has 98 valence electrons. The first-order valence-corrected chi connectivity index (χ1v) is 5.68. The van der Waals surface area contributed by atoms with E-state index in [1.54, 1.807) is 30.9 Å². The largest absolute Gasteiger partial charge is 0.418 e. The highest BCUT2D eigenvalue weighted by Crippen LogP contribution is 2.37. The van der Waals surface area contributed by atoms with E-state index >= 15 is 0 Å². The number of para-hydroxylation sites is 1. The van der Waals surface area contributed by atoms with Gasteiger partial charge in [-0.15, -0.1) is 0 Å². The van der Waals surface area contributed by atoms with Crippen molar-refractivity contribution < 1.29 is 13.2 Å². The predicted octanol–water partition coefficient (Wildman–Crippen LogP) is 3.48. The van der Waals surface area contributed by atoms with Crippen LogP contribution in [-0.4, -0.2) is 11.6 Å². The van der Waals surface area contributed by atoms with E-state index in [2.05, 4.69) is 5.32 Å². The molecule has 1 aromatic heterocycles. The Morgan fingerprint density at radius 1 is 1.28 bits per heavy atom. The standard InChI is InChI=1S/C13H15F3N2/c1-8(17-2)10-7-18(3)12-9(10)5-4-6-11(12)13(14,15)16/h4-8,17H,1-3H3. The Morgan fingerprint density at radius 2 is 1.94 bits per heavy atom. The van der Waals surface area contributed by atoms with Crippen molar-refractivity contribution in [1.82, 2.24) is 9.88 Å². The van der Waals surface area contributed by atoms with Crippen LogP contribution in [0.1, 0.15) is 24.1 Å². The molecule has 0 fully saturated rings. The zero-order valence-corrected chi connectivity index (χ0v) is 10.5. The smallest absolute Gasteiger partial charge is 0.350 e. The average molecular weight is 256 g/mol. The third-order valence-electron chi connectivity index (χ3n) is 3.24. The van der Waals surface area contributed by atoms with Gasteiger partial charge >= 0.3 is 6.18 Å². The van der Waals surface area contributed by atoms with E-state index < -0.39 is 11.7 Å². The van der Waals surface area contributed by atoms with E-state index in [0.29, 0.717) is 5.39 Å². The molecule has 2 rings (SSSR count). The van der Waals surface area contributed by atoms with Gasteiger partial charge in [0, 0.05) is 24.7 Å². The number of benzene rings is 1. The molecule has 0 spiro atoms. The van der Waals surface area contributed by atoms with E-state index in [-0.39, 0.29) is 11.6 Å². The van der Waals surface area contributed by atoms with Gasteiger partial charge < -0.3 is 9.88 Å². The van der Waals surface area contributed by atoms with Crippen molar-refractivity contribution in [1.29, 1.82) is 0 Å². The monoisotopic (exact) mass is 256 g/mol. The van der Waals surface area contributed by atoms with Crippen LogP contribution in [0.2, 0.25) is 0 Å². The van der Waals surface area contributed by atoms with Gasteiger partial charge in [-0.3, -0.25) is 0 Å². The lowest BCUT2D eigenvalue weighted by Gasteiger charge is -2.11. The quantitative estimate of drug-likeness (QED) is 0.870. The molecule has 1 heterocycles. The Kier molecular flexibility index (Phi) is 3.11. The summed E-state index contributed by atoms with van der Waals surface area (Å²) in [5.74, 6) is 0. The number of halogens is 3. The Balaban J connectivity index is 2.76. The molecule has 0 radical (unpaired) electrons. The average Bonchev–Trinajstić information content (AvgIpc) is 2.65. The molecule has 1 N–H and O–H groups in total. The van der Waals surface area contributed by atoms with Gasteiger partial charge in [0.2, 0.25) is 0 Å². The van der Waals surface area contributed by atoms with Crippen LogP contribution in [0.25, 0.3) is 10.9 Å². The van der Waals surface area contributed by atoms with Gasteiger partial charge in [-0.05, 0) is 25.6 Å². The maximum atomic E-state index is 13.0. The second kappa shape index (κ2) is 4.31. The Hall–Kier alpha value is -1.49. The lowest BCUT2D eigenvalue weighted by atomic mass is 10.0. The predicted molar refractivity (Wildman–Crippen MR) is 65.4 cm³/mol. The minimum absolute atomic E-state index is 0.0113. The highest BCUT2D eigenvalue weighted by molar-refractivity contribution is 5.87. The molecule has 0 amide bonds. The van der Waals surface area contributed by atoms with Crippen LogP contribution >= 0.6 is 0 Å². The van der Waals surface area contributed by atoms with Crippen LogP contribution < -0.4 is 5.32 Å². The fourth-order valence-electron chi connectivity index (χ4n) is 2.23. The van der Waals surface area contributed by atoms with Crippen molar-refractivity contribution in [3.63, 3.8) is 0 Å². The fraction of sp³-hybridized carbons (Fsp3) is 0.385. The van der Waals surface area contributed by atoms with Crippen LogP contribution in [0, 0.1) is 0 Å². The van der Waals surface area contributed by atoms with E-state index in [0.717, 1.165) is 11.6 Å². The molecule has 0 saturated heterocycles. The van der Waals surface area contributed by atoms with Crippen LogP contribution in [-0.2, 0) is 13.2 Å². The summed E-state index contributed by atoms with van der Waals surface area (Å²) in [4.78, 5) is 0. The van der Waals surface area contributed by atoms with Gasteiger partial charge in [-0.2, -0.15) is 13.2 Å². The highest BCUT2D eigenvalue weighted by atomic mass is 19.4. The molecule has 0 aliphatic rings. The number of alkyl halides is 3. The summed E-state index contributed by atoms with van der Waals surface area (Å²) >= 11 is 0. The van der Waals surface area contributed by atoms with Gasteiger partial charge in [0.1, 0.15) is 0 Å². The molecule has 5 heteroatoms. The Morgan fingerprint density at radius 3 is 2.50 bits per heavy atom. The third-order valence-corrected chi connectivity index (χ3v) is 3.24. The molecule has 2 aromatic rings. The SMILES string of the molecule is CNC(C)c1cn(C)c2c(C(F)(F)F)cccc12. The molecule has 2 nitrogen and oxygen atoms in total. The number of hydrogen-bond acceptors (Lipinski definition) is 1. The van der Waals surface area contributed by atoms with Crippen LogP contribution in [0.3, 0.4) is 0 Å². The second-order valence-electron chi connectivity index (χ2n) is 4.41. The topological polar surface area (TPSA) is 17.0 Å². The van der Waals surface area contributed by atoms with Crippen molar-refractivity contribution in [3.8, 4) is 0 Å². The molecular formula is C13H15F3N2. The normalized spacial score (nSPS) is 14.1. The first kappa shape index (κ1) is 13.0. The number of aromatic nitrogens is 1. The number of fused-ring (bicyclic) bond motifs is 1. The van der Waals surface area contributed by atoms with Gasteiger partial charge in [-0.1, -0.05) is 12.1 Å². The molecule has 1 aromatic carbocycles. The van der Waals surface area contributed by atoms with Crippen LogP contribution in [0.15, 0.2) is 24.4 Å². The first-order valence-electron chi connectivity index (χ1n) is 5.68. The van der Waals surface area contributed by atoms with E-state index in [9.17, 15) is 13.2 Å². The van der Waals surface area contributed by atoms with Crippen molar-refractivity contribution in [3.05, 3.63) is 35.5 Å². The van der Waals surface area contributed by atoms with Crippen LogP contribution in [0.4, 0.5) is 13.2 Å². The van der Waals surface area contributed by atoms with Gasteiger partial charge in [0.15, 0.2) is 0 Å². The molecule has 1 unspecified atom stereocenters.